The summed E-state index contributed by atoms with van der Waals surface area (Å²) in [7, 11) is -4.01. The van der Waals surface area contributed by atoms with E-state index in [1.807, 2.05) is 0 Å². The average Bonchev–Trinajstić information content (AvgIpc) is 3.61. The van der Waals surface area contributed by atoms with Gasteiger partial charge in [-0.25, -0.2) is 8.42 Å². The standard InChI is InChI=1S/C20H17NO6S/c22-19-14-4-1-2-5-15(14)20(23)18-16(19)6-3-7-17(18)28(24,25)21(8-12-10-26-12)9-13-11-27-13/h1-7,12-13H,8-11H2. The van der Waals surface area contributed by atoms with Crippen molar-refractivity contribution in [2.45, 2.75) is 17.1 Å². The van der Waals surface area contributed by atoms with Crippen molar-refractivity contribution >= 4 is 21.6 Å². The van der Waals surface area contributed by atoms with Crippen molar-refractivity contribution in [3.8, 4) is 0 Å². The molecule has 2 fully saturated rings. The van der Waals surface area contributed by atoms with Crippen LogP contribution < -0.4 is 0 Å². The number of benzene rings is 2. The van der Waals surface area contributed by atoms with E-state index in [0.29, 0.717) is 18.8 Å². The van der Waals surface area contributed by atoms with E-state index in [-0.39, 0.29) is 52.7 Å². The Balaban J connectivity index is 1.62. The number of hydrogen-bond donors (Lipinski definition) is 0. The minimum absolute atomic E-state index is 0.0513. The van der Waals surface area contributed by atoms with E-state index in [2.05, 4.69) is 0 Å². The zero-order valence-corrected chi connectivity index (χ0v) is 15.6. The van der Waals surface area contributed by atoms with Crippen molar-refractivity contribution in [3.05, 3.63) is 64.7 Å². The summed E-state index contributed by atoms with van der Waals surface area (Å²) in [4.78, 5) is 25.9. The first-order chi connectivity index (χ1) is 13.5. The van der Waals surface area contributed by atoms with Gasteiger partial charge in [-0.2, -0.15) is 4.31 Å². The molecule has 28 heavy (non-hydrogen) atoms. The van der Waals surface area contributed by atoms with E-state index in [1.54, 1.807) is 24.3 Å². The number of ketones is 2. The molecule has 2 atom stereocenters. The van der Waals surface area contributed by atoms with Gasteiger partial charge in [0.15, 0.2) is 11.6 Å². The Bertz CT molecular complexity index is 1090. The molecule has 5 rings (SSSR count). The number of sulfonamides is 1. The van der Waals surface area contributed by atoms with Crippen LogP contribution in [0.2, 0.25) is 0 Å². The van der Waals surface area contributed by atoms with Crippen LogP contribution in [0, 0.1) is 0 Å². The first-order valence-corrected chi connectivity index (χ1v) is 10.5. The van der Waals surface area contributed by atoms with Gasteiger partial charge in [0.2, 0.25) is 10.0 Å². The second kappa shape index (κ2) is 6.31. The van der Waals surface area contributed by atoms with Gasteiger partial charge in [-0.3, -0.25) is 9.59 Å². The van der Waals surface area contributed by atoms with E-state index in [0.717, 1.165) is 0 Å². The molecule has 0 spiro atoms. The van der Waals surface area contributed by atoms with E-state index < -0.39 is 15.8 Å². The van der Waals surface area contributed by atoms with Crippen LogP contribution in [0.15, 0.2) is 47.4 Å². The normalized spacial score (nSPS) is 22.8. The molecule has 2 heterocycles. The van der Waals surface area contributed by atoms with Gasteiger partial charge < -0.3 is 9.47 Å². The van der Waals surface area contributed by atoms with Crippen LogP contribution in [0.25, 0.3) is 0 Å². The lowest BCUT2D eigenvalue weighted by Gasteiger charge is -2.24. The molecule has 0 saturated carbocycles. The van der Waals surface area contributed by atoms with Crippen molar-refractivity contribution in [1.29, 1.82) is 0 Å². The highest BCUT2D eigenvalue weighted by atomic mass is 32.2. The fourth-order valence-electron chi connectivity index (χ4n) is 3.54. The maximum absolute atomic E-state index is 13.4. The number of hydrogen-bond acceptors (Lipinski definition) is 6. The first-order valence-electron chi connectivity index (χ1n) is 9.01. The summed E-state index contributed by atoms with van der Waals surface area (Å²) >= 11 is 0. The largest absolute Gasteiger partial charge is 0.372 e. The lowest BCUT2D eigenvalue weighted by atomic mass is 9.84. The molecule has 144 valence electrons. The Morgan fingerprint density at radius 1 is 0.821 bits per heavy atom. The Morgan fingerprint density at radius 2 is 1.36 bits per heavy atom. The van der Waals surface area contributed by atoms with Crippen LogP contribution in [0.3, 0.4) is 0 Å². The summed E-state index contributed by atoms with van der Waals surface area (Å²) < 4.78 is 38.6. The van der Waals surface area contributed by atoms with Gasteiger partial charge in [-0.15, -0.1) is 0 Å². The van der Waals surface area contributed by atoms with Gasteiger partial charge in [0, 0.05) is 29.8 Å². The predicted molar refractivity (Wildman–Crippen MR) is 98.0 cm³/mol. The van der Waals surface area contributed by atoms with Gasteiger partial charge in [0.05, 0.1) is 35.9 Å². The second-order valence-electron chi connectivity index (χ2n) is 7.12. The number of carbonyl (C=O) groups excluding carboxylic acids is 2. The molecule has 2 aromatic rings. The molecule has 0 N–H and O–H groups in total. The maximum Gasteiger partial charge on any atom is 0.244 e. The van der Waals surface area contributed by atoms with Crippen molar-refractivity contribution in [3.63, 3.8) is 0 Å². The van der Waals surface area contributed by atoms with Gasteiger partial charge in [0.1, 0.15) is 0 Å². The summed E-state index contributed by atoms with van der Waals surface area (Å²) in [6, 6.07) is 10.9. The minimum atomic E-state index is -4.01. The quantitative estimate of drug-likeness (QED) is 0.579. The highest BCUT2D eigenvalue weighted by molar-refractivity contribution is 7.89. The zero-order chi connectivity index (χ0) is 19.5. The Labute approximate surface area is 161 Å². The monoisotopic (exact) mass is 399 g/mol. The van der Waals surface area contributed by atoms with Crippen LogP contribution >= 0.6 is 0 Å². The topological polar surface area (TPSA) is 96.6 Å². The third-order valence-corrected chi connectivity index (χ3v) is 7.03. The molecule has 0 amide bonds. The molecule has 0 radical (unpaired) electrons. The fraction of sp³-hybridized carbons (Fsp3) is 0.300. The molecule has 2 aromatic carbocycles. The highest BCUT2D eigenvalue weighted by Gasteiger charge is 2.41. The maximum atomic E-state index is 13.4. The molecular formula is C20H17NO6S. The number of carbonyl (C=O) groups is 2. The van der Waals surface area contributed by atoms with Crippen molar-refractivity contribution in [1.82, 2.24) is 4.31 Å². The van der Waals surface area contributed by atoms with Gasteiger partial charge >= 0.3 is 0 Å². The van der Waals surface area contributed by atoms with E-state index in [1.165, 1.54) is 22.5 Å². The molecular weight excluding hydrogens is 382 g/mol. The third-order valence-electron chi connectivity index (χ3n) is 5.15. The van der Waals surface area contributed by atoms with E-state index in [4.69, 9.17) is 9.47 Å². The van der Waals surface area contributed by atoms with Crippen LogP contribution in [0.5, 0.6) is 0 Å². The lowest BCUT2D eigenvalue weighted by Crippen LogP contribution is -2.38. The second-order valence-corrected chi connectivity index (χ2v) is 9.02. The summed E-state index contributed by atoms with van der Waals surface area (Å²) in [6.07, 6.45) is -0.294. The third kappa shape index (κ3) is 2.89. The van der Waals surface area contributed by atoms with Gasteiger partial charge in [0.25, 0.3) is 0 Å². The Hall–Kier alpha value is -2.39. The number of rotatable bonds is 6. The number of ether oxygens (including phenoxy) is 2. The van der Waals surface area contributed by atoms with Gasteiger partial charge in [-0.1, -0.05) is 36.4 Å². The number of nitrogens with zero attached hydrogens (tertiary/aromatic N) is 1. The molecule has 8 heteroatoms. The molecule has 2 aliphatic heterocycles. The molecule has 0 bridgehead atoms. The van der Waals surface area contributed by atoms with Crippen LogP contribution in [0.1, 0.15) is 31.8 Å². The van der Waals surface area contributed by atoms with E-state index >= 15 is 0 Å². The van der Waals surface area contributed by atoms with Crippen LogP contribution in [0.4, 0.5) is 0 Å². The number of fused-ring (bicyclic) bond motifs is 2. The summed E-state index contributed by atoms with van der Waals surface area (Å²) in [6.45, 7) is 1.42. The van der Waals surface area contributed by atoms with E-state index in [9.17, 15) is 18.0 Å². The molecule has 1 aliphatic carbocycles. The highest BCUT2D eigenvalue weighted by Crippen LogP contribution is 2.33. The summed E-state index contributed by atoms with van der Waals surface area (Å²) in [5.41, 5.74) is 0.592. The fourth-order valence-corrected chi connectivity index (χ4v) is 5.25. The Morgan fingerprint density at radius 3 is 1.93 bits per heavy atom. The molecule has 2 unspecified atom stereocenters. The number of epoxide rings is 2. The first kappa shape index (κ1) is 17.7. The van der Waals surface area contributed by atoms with Crippen LogP contribution in [-0.2, 0) is 19.5 Å². The summed E-state index contributed by atoms with van der Waals surface area (Å²) in [5.74, 6) is -0.792. The summed E-state index contributed by atoms with van der Waals surface area (Å²) in [5, 5.41) is 0. The van der Waals surface area contributed by atoms with Crippen molar-refractivity contribution < 1.29 is 27.5 Å². The Kier molecular flexibility index (Phi) is 3.99. The van der Waals surface area contributed by atoms with Crippen molar-refractivity contribution in [2.75, 3.05) is 26.3 Å². The molecule has 3 aliphatic rings. The van der Waals surface area contributed by atoms with Gasteiger partial charge in [-0.05, 0) is 6.07 Å². The minimum Gasteiger partial charge on any atom is -0.372 e. The average molecular weight is 399 g/mol. The molecule has 2 saturated heterocycles. The predicted octanol–water partition coefficient (Wildman–Crippen LogP) is 1.25. The SMILES string of the molecule is O=C1c2ccccc2C(=O)c2c1cccc2S(=O)(=O)N(CC1CO1)CC1CO1. The smallest absolute Gasteiger partial charge is 0.244 e. The molecule has 0 aromatic heterocycles. The van der Waals surface area contributed by atoms with Crippen molar-refractivity contribution in [2.24, 2.45) is 0 Å². The lowest BCUT2D eigenvalue weighted by molar-refractivity contribution is 0.0976. The van der Waals surface area contributed by atoms with Crippen LogP contribution in [-0.4, -0.2) is 62.8 Å². The molecule has 7 nitrogen and oxygen atoms in total. The zero-order valence-electron chi connectivity index (χ0n) is 14.8.